The number of benzene rings is 3. The van der Waals surface area contributed by atoms with Crippen LogP contribution in [0.3, 0.4) is 0 Å². The highest BCUT2D eigenvalue weighted by atomic mass is 35.5. The average Bonchev–Trinajstić information content (AvgIpc) is 3.49. The van der Waals surface area contributed by atoms with Gasteiger partial charge < -0.3 is 38.2 Å². The zero-order valence-electron chi connectivity index (χ0n) is 44.5. The van der Waals surface area contributed by atoms with Crippen molar-refractivity contribution >= 4 is 78.2 Å². The van der Waals surface area contributed by atoms with Crippen LogP contribution in [-0.2, 0) is 71.9 Å². The molecule has 3 aromatic rings. The van der Waals surface area contributed by atoms with Gasteiger partial charge in [0.05, 0.1) is 93.3 Å². The summed E-state index contributed by atoms with van der Waals surface area (Å²) in [6, 6.07) is 6.63. The standard InChI is InChI=1S/C54H68Cl2N4O15S2/c1-51(2,3)75-43(62)15-19-71-21-23-73-25-24-72-22-20-70-18-14-42(61)57-60-50(63)44-40(55)12-13-41(56)45(44)54(60)38-26-36-32(30-76(64,65)66)28-52(4,5)58-16-8-10-34(46(36)58)48(38)74-49-35-11-9-17-59-47(35)37(27-39(49)54)33(29-53(59,6)7)31-77(67,68)69/h12-13,26-28,33H,8-11,14-25,29-31H2,1-7H3,(H,57,61)(H,64,65,66)(H,67,68,69). The van der Waals surface area contributed by atoms with Crippen LogP contribution in [0.4, 0.5) is 11.4 Å². The van der Waals surface area contributed by atoms with Gasteiger partial charge in [0, 0.05) is 68.6 Å². The van der Waals surface area contributed by atoms with Gasteiger partial charge in [-0.2, -0.15) is 16.8 Å². The van der Waals surface area contributed by atoms with E-state index in [-0.39, 0.29) is 79.6 Å². The third-order valence-corrected chi connectivity index (χ3v) is 17.1. The Balaban J connectivity index is 1.06. The number of esters is 1. The maximum Gasteiger partial charge on any atom is 0.308 e. The van der Waals surface area contributed by atoms with E-state index in [1.807, 2.05) is 39.8 Å². The number of carbonyl (C=O) groups excluding carboxylic acids is 3. The van der Waals surface area contributed by atoms with Gasteiger partial charge in [0.2, 0.25) is 5.91 Å². The number of nitrogens with zero attached hydrogens (tertiary/aromatic N) is 3. The molecule has 2 atom stereocenters. The van der Waals surface area contributed by atoms with Crippen molar-refractivity contribution < 1.29 is 68.7 Å². The summed E-state index contributed by atoms with van der Waals surface area (Å²) in [5.41, 5.74) is 4.41. The minimum absolute atomic E-state index is 0.00666. The predicted octanol–water partition coefficient (Wildman–Crippen LogP) is 7.79. The predicted molar refractivity (Wildman–Crippen MR) is 290 cm³/mol. The molecular weight excluding hydrogens is 1080 g/mol. The van der Waals surface area contributed by atoms with Gasteiger partial charge in [-0.15, -0.1) is 0 Å². The van der Waals surface area contributed by atoms with Gasteiger partial charge in [-0.3, -0.25) is 28.9 Å². The van der Waals surface area contributed by atoms with Gasteiger partial charge in [0.1, 0.15) is 28.4 Å². The lowest BCUT2D eigenvalue weighted by Crippen LogP contribution is -2.57. The highest BCUT2D eigenvalue weighted by Gasteiger charge is 2.62. The second-order valence-electron chi connectivity index (χ2n) is 22.6. The van der Waals surface area contributed by atoms with E-state index in [0.717, 1.165) is 16.8 Å². The molecule has 0 fully saturated rings. The van der Waals surface area contributed by atoms with Gasteiger partial charge in [-0.05, 0) is 116 Å². The molecule has 6 aliphatic heterocycles. The Hall–Kier alpha value is -4.55. The third kappa shape index (κ3) is 11.3. The average molecular weight is 1150 g/mol. The van der Waals surface area contributed by atoms with E-state index in [9.17, 15) is 35.5 Å². The minimum atomic E-state index is -4.60. The number of amides is 2. The van der Waals surface area contributed by atoms with Crippen LogP contribution in [0.15, 0.2) is 30.3 Å². The molecule has 0 saturated carbocycles. The van der Waals surface area contributed by atoms with Crippen molar-refractivity contribution in [3.8, 4) is 11.5 Å². The van der Waals surface area contributed by atoms with Crippen molar-refractivity contribution in [1.29, 1.82) is 0 Å². The number of hydrogen-bond acceptors (Lipinski definition) is 15. The fourth-order valence-electron chi connectivity index (χ4n) is 12.3. The molecule has 3 aromatic carbocycles. The Morgan fingerprint density at radius 1 is 0.779 bits per heavy atom. The van der Waals surface area contributed by atoms with E-state index in [0.29, 0.717) is 103 Å². The zero-order chi connectivity index (χ0) is 55.6. The molecule has 2 amide bonds. The lowest BCUT2D eigenvalue weighted by molar-refractivity contribution is -0.156. The van der Waals surface area contributed by atoms with E-state index < -0.39 is 71.7 Å². The molecule has 1 spiro atoms. The smallest absolute Gasteiger partial charge is 0.308 e. The lowest BCUT2D eigenvalue weighted by atomic mass is 9.68. The summed E-state index contributed by atoms with van der Waals surface area (Å²) in [6.45, 7) is 16.3. The highest BCUT2D eigenvalue weighted by Crippen LogP contribution is 2.65. The molecule has 77 heavy (non-hydrogen) atoms. The van der Waals surface area contributed by atoms with Crippen LogP contribution in [-0.4, -0.2) is 143 Å². The monoisotopic (exact) mass is 1150 g/mol. The number of anilines is 2. The quantitative estimate of drug-likeness (QED) is 0.0556. The molecule has 0 aliphatic carbocycles. The summed E-state index contributed by atoms with van der Waals surface area (Å²) in [4.78, 5) is 46.3. The molecule has 2 unspecified atom stereocenters. The van der Waals surface area contributed by atoms with Crippen molar-refractivity contribution in [2.75, 3.05) is 87.3 Å². The van der Waals surface area contributed by atoms with E-state index in [1.165, 1.54) is 11.1 Å². The van der Waals surface area contributed by atoms with Crippen molar-refractivity contribution in [2.24, 2.45) is 0 Å². The van der Waals surface area contributed by atoms with Crippen LogP contribution < -0.4 is 20.0 Å². The Morgan fingerprint density at radius 2 is 1.34 bits per heavy atom. The maximum absolute atomic E-state index is 15.5. The number of hydrogen-bond donors (Lipinski definition) is 3. The van der Waals surface area contributed by atoms with Crippen LogP contribution in [0.25, 0.3) is 5.57 Å². The van der Waals surface area contributed by atoms with Gasteiger partial charge in [-0.25, -0.2) is 5.01 Å². The second-order valence-corrected chi connectivity index (χ2v) is 26.4. The summed E-state index contributed by atoms with van der Waals surface area (Å²) in [7, 11) is -9.14. The number of fused-ring (bicyclic) bond motifs is 8. The molecule has 6 aliphatic rings. The van der Waals surface area contributed by atoms with Crippen LogP contribution >= 0.6 is 23.2 Å². The number of halogens is 2. The van der Waals surface area contributed by atoms with Crippen LogP contribution in [0, 0.1) is 0 Å². The number of nitrogens with one attached hydrogen (secondary N) is 1. The van der Waals surface area contributed by atoms with E-state index in [4.69, 9.17) is 51.6 Å². The summed E-state index contributed by atoms with van der Waals surface area (Å²) in [5.74, 6) is -2.96. The summed E-state index contributed by atoms with van der Waals surface area (Å²) in [6.07, 6.45) is 4.40. The van der Waals surface area contributed by atoms with Gasteiger partial charge in [0.25, 0.3) is 26.1 Å². The highest BCUT2D eigenvalue weighted by molar-refractivity contribution is 7.86. The maximum atomic E-state index is 15.5. The van der Waals surface area contributed by atoms with E-state index in [2.05, 4.69) is 15.2 Å². The molecule has 0 radical (unpaired) electrons. The Labute approximate surface area is 460 Å². The van der Waals surface area contributed by atoms with E-state index >= 15 is 4.79 Å². The van der Waals surface area contributed by atoms with Crippen LogP contribution in [0.5, 0.6) is 11.5 Å². The molecule has 3 N–H and O–H groups in total. The molecule has 19 nitrogen and oxygen atoms in total. The molecule has 23 heteroatoms. The molecule has 0 aromatic heterocycles. The van der Waals surface area contributed by atoms with Gasteiger partial charge >= 0.3 is 5.97 Å². The normalized spacial score (nSPS) is 20.7. The molecule has 0 bridgehead atoms. The van der Waals surface area contributed by atoms with Crippen molar-refractivity contribution in [3.63, 3.8) is 0 Å². The Bertz CT molecular complexity index is 3140. The first-order chi connectivity index (χ1) is 36.1. The first-order valence-electron chi connectivity index (χ1n) is 26.0. The van der Waals surface area contributed by atoms with Crippen molar-refractivity contribution in [1.82, 2.24) is 10.4 Å². The van der Waals surface area contributed by atoms with Crippen LogP contribution in [0.1, 0.15) is 136 Å². The Kier molecular flexibility index (Phi) is 16.0. The van der Waals surface area contributed by atoms with Crippen molar-refractivity contribution in [3.05, 3.63) is 84.9 Å². The molecule has 6 heterocycles. The first-order valence-corrected chi connectivity index (χ1v) is 30.0. The number of rotatable bonds is 20. The fraction of sp³-hybridized carbons (Fsp3) is 0.574. The van der Waals surface area contributed by atoms with Crippen molar-refractivity contribution in [2.45, 2.75) is 122 Å². The number of hydrazine groups is 1. The second kappa shape index (κ2) is 21.5. The van der Waals surface area contributed by atoms with Gasteiger partial charge in [0.15, 0.2) is 0 Å². The van der Waals surface area contributed by atoms with Crippen LogP contribution in [0.2, 0.25) is 10.0 Å². The first kappa shape index (κ1) is 57.1. The SMILES string of the molecule is CC(C)(C)OC(=O)CCOCCOCCOCCOCCC(=O)NN1C(=O)c2c(Cl)ccc(Cl)c2C12c1cc3c4c(c1Oc1c2cc2c5c1CCCN5C(C)(C)CC2CS(=O)(=O)O)CCCN4C(C)(C)C=C3CS(=O)(=O)O. The summed E-state index contributed by atoms with van der Waals surface area (Å²) < 4.78 is 108. The summed E-state index contributed by atoms with van der Waals surface area (Å²) >= 11 is 14.5. The minimum Gasteiger partial charge on any atom is -0.460 e. The molecular formula is C54H68Cl2N4O15S2. The third-order valence-electron chi connectivity index (χ3n) is 15.0. The number of ether oxygens (including phenoxy) is 6. The number of carbonyl (C=O) groups is 3. The molecule has 9 rings (SSSR count). The Morgan fingerprint density at radius 3 is 1.94 bits per heavy atom. The summed E-state index contributed by atoms with van der Waals surface area (Å²) in [5, 5.41) is 1.36. The topological polar surface area (TPSA) is 237 Å². The molecule has 0 saturated heterocycles. The zero-order valence-corrected chi connectivity index (χ0v) is 47.7. The largest absolute Gasteiger partial charge is 0.460 e. The lowest BCUT2D eigenvalue weighted by Gasteiger charge is -2.53. The molecule has 420 valence electrons. The fourth-order valence-corrected chi connectivity index (χ4v) is 14.2. The van der Waals surface area contributed by atoms with E-state index in [1.54, 1.807) is 32.9 Å². The van der Waals surface area contributed by atoms with Gasteiger partial charge in [-0.1, -0.05) is 29.3 Å².